The fourth-order valence-corrected chi connectivity index (χ4v) is 3.62. The lowest BCUT2D eigenvalue weighted by atomic mass is 10.1. The Labute approximate surface area is 149 Å². The van der Waals surface area contributed by atoms with Crippen LogP contribution in [0.1, 0.15) is 16.7 Å². The second-order valence-electron chi connectivity index (χ2n) is 6.26. The molecule has 0 atom stereocenters. The average molecular weight is 334 g/mol. The summed E-state index contributed by atoms with van der Waals surface area (Å²) in [6.45, 7) is 6.42. The van der Waals surface area contributed by atoms with Crippen molar-refractivity contribution in [2.24, 2.45) is 0 Å². The molecule has 0 aromatic heterocycles. The first kappa shape index (κ1) is 16.7. The minimum atomic E-state index is 1.20. The van der Waals surface area contributed by atoms with Gasteiger partial charge in [0.1, 0.15) is 0 Å². The lowest BCUT2D eigenvalue weighted by Gasteiger charge is -2.22. The predicted molar refractivity (Wildman–Crippen MR) is 106 cm³/mol. The Hall–Kier alpha value is -2.19. The van der Waals surface area contributed by atoms with Crippen LogP contribution in [0.4, 0.5) is 11.4 Å². The van der Waals surface area contributed by atoms with Crippen LogP contribution in [0.3, 0.4) is 0 Å². The third-order valence-electron chi connectivity index (χ3n) is 4.19. The lowest BCUT2D eigenvalue weighted by Crippen LogP contribution is -2.10. The predicted octanol–water partition coefficient (Wildman–Crippen LogP) is 6.53. The van der Waals surface area contributed by atoms with Crippen molar-refractivity contribution >= 4 is 23.1 Å². The molecule has 0 aliphatic rings. The number of hydrogen-bond donors (Lipinski definition) is 0. The molecule has 24 heavy (non-hydrogen) atoms. The molecule has 0 unspecified atom stereocenters. The van der Waals surface area contributed by atoms with Crippen LogP contribution in [0.2, 0.25) is 0 Å². The molecule has 3 rings (SSSR count). The molecule has 0 heterocycles. The first-order valence-corrected chi connectivity index (χ1v) is 9.00. The van der Waals surface area contributed by atoms with Gasteiger partial charge in [0, 0.05) is 28.2 Å². The van der Waals surface area contributed by atoms with Crippen LogP contribution in [0.5, 0.6) is 0 Å². The maximum absolute atomic E-state index is 2.25. The topological polar surface area (TPSA) is 3.24 Å². The van der Waals surface area contributed by atoms with Crippen molar-refractivity contribution in [2.75, 3.05) is 11.9 Å². The third kappa shape index (κ3) is 3.82. The highest BCUT2D eigenvalue weighted by Gasteiger charge is 2.07. The molecule has 0 radical (unpaired) electrons. The van der Waals surface area contributed by atoms with Gasteiger partial charge in [0.05, 0.1) is 0 Å². The maximum Gasteiger partial charge on any atom is 0.0437 e. The van der Waals surface area contributed by atoms with E-state index in [0.717, 1.165) is 0 Å². The van der Waals surface area contributed by atoms with Crippen LogP contribution in [0.25, 0.3) is 0 Å². The molecule has 0 N–H and O–H groups in total. The largest absolute Gasteiger partial charge is 0.344 e. The van der Waals surface area contributed by atoms with E-state index in [1.165, 1.54) is 37.9 Å². The summed E-state index contributed by atoms with van der Waals surface area (Å²) in [5.41, 5.74) is 6.35. The summed E-state index contributed by atoms with van der Waals surface area (Å²) in [6.07, 6.45) is 0. The number of nitrogens with zero attached hydrogens (tertiary/aromatic N) is 1. The van der Waals surface area contributed by atoms with Crippen molar-refractivity contribution in [3.8, 4) is 0 Å². The van der Waals surface area contributed by atoms with Crippen molar-refractivity contribution in [2.45, 2.75) is 30.6 Å². The van der Waals surface area contributed by atoms with Gasteiger partial charge in [0.25, 0.3) is 0 Å². The molecule has 0 spiro atoms. The fraction of sp³-hybridized carbons (Fsp3) is 0.182. The first-order chi connectivity index (χ1) is 11.5. The highest BCUT2D eigenvalue weighted by Crippen LogP contribution is 2.32. The Kier molecular flexibility index (Phi) is 4.96. The molecular weight excluding hydrogens is 310 g/mol. The smallest absolute Gasteiger partial charge is 0.0437 e. The molecule has 1 nitrogen and oxygen atoms in total. The quantitative estimate of drug-likeness (QED) is 0.534. The second kappa shape index (κ2) is 7.14. The van der Waals surface area contributed by atoms with E-state index in [2.05, 4.69) is 99.4 Å². The Morgan fingerprint density at radius 2 is 1.21 bits per heavy atom. The third-order valence-corrected chi connectivity index (χ3v) is 5.21. The van der Waals surface area contributed by atoms with Crippen LogP contribution in [0.15, 0.2) is 76.5 Å². The average Bonchev–Trinajstić information content (AvgIpc) is 2.57. The Balaban J connectivity index is 1.77. The first-order valence-electron chi connectivity index (χ1n) is 8.18. The van der Waals surface area contributed by atoms with E-state index in [9.17, 15) is 0 Å². The van der Waals surface area contributed by atoms with Gasteiger partial charge < -0.3 is 4.90 Å². The van der Waals surface area contributed by atoms with Crippen molar-refractivity contribution in [3.05, 3.63) is 83.4 Å². The van der Waals surface area contributed by atoms with Gasteiger partial charge in [0.15, 0.2) is 0 Å². The minimum absolute atomic E-state index is 1.20. The fourth-order valence-electron chi connectivity index (χ4n) is 2.80. The molecule has 0 saturated heterocycles. The van der Waals surface area contributed by atoms with E-state index in [0.29, 0.717) is 0 Å². The Morgan fingerprint density at radius 1 is 0.667 bits per heavy atom. The van der Waals surface area contributed by atoms with Crippen LogP contribution in [-0.4, -0.2) is 7.05 Å². The Morgan fingerprint density at radius 3 is 1.79 bits per heavy atom. The zero-order valence-corrected chi connectivity index (χ0v) is 15.5. The summed E-state index contributed by atoms with van der Waals surface area (Å²) < 4.78 is 0. The highest BCUT2D eigenvalue weighted by molar-refractivity contribution is 7.99. The molecular formula is C22H23NS. The monoisotopic (exact) mass is 333 g/mol. The number of benzene rings is 3. The van der Waals surface area contributed by atoms with Crippen molar-refractivity contribution in [1.29, 1.82) is 0 Å². The van der Waals surface area contributed by atoms with Crippen LogP contribution in [0, 0.1) is 20.8 Å². The molecule has 0 bridgehead atoms. The van der Waals surface area contributed by atoms with Crippen LogP contribution >= 0.6 is 11.8 Å². The molecule has 0 fully saturated rings. The maximum atomic E-state index is 2.25. The van der Waals surface area contributed by atoms with Gasteiger partial charge in [-0.1, -0.05) is 47.2 Å². The van der Waals surface area contributed by atoms with Crippen LogP contribution in [-0.2, 0) is 0 Å². The van der Waals surface area contributed by atoms with Crippen molar-refractivity contribution in [1.82, 2.24) is 0 Å². The summed E-state index contributed by atoms with van der Waals surface area (Å²) >= 11 is 1.80. The van der Waals surface area contributed by atoms with Crippen molar-refractivity contribution in [3.63, 3.8) is 0 Å². The van der Waals surface area contributed by atoms with E-state index in [4.69, 9.17) is 0 Å². The highest BCUT2D eigenvalue weighted by atomic mass is 32.2. The van der Waals surface area contributed by atoms with Gasteiger partial charge in [-0.05, 0) is 68.8 Å². The van der Waals surface area contributed by atoms with Gasteiger partial charge in [-0.15, -0.1) is 0 Å². The normalized spacial score (nSPS) is 10.7. The van der Waals surface area contributed by atoms with E-state index in [-0.39, 0.29) is 0 Å². The zero-order chi connectivity index (χ0) is 17.1. The zero-order valence-electron chi connectivity index (χ0n) is 14.7. The van der Waals surface area contributed by atoms with E-state index in [1.54, 1.807) is 11.8 Å². The number of hydrogen-bond acceptors (Lipinski definition) is 2. The molecule has 0 amide bonds. The van der Waals surface area contributed by atoms with Gasteiger partial charge in [-0.2, -0.15) is 0 Å². The number of rotatable bonds is 4. The number of anilines is 2. The molecule has 3 aromatic carbocycles. The standard InChI is InChI=1S/C22H23NS/c1-16-5-10-20(11-6-16)24-21-12-8-19(9-13-21)23(4)22-14-7-17(2)15-18(22)3/h5-15H,1-4H3. The SMILES string of the molecule is Cc1ccc(Sc2ccc(N(C)c3ccc(C)cc3C)cc2)cc1. The van der Waals surface area contributed by atoms with Crippen LogP contribution < -0.4 is 4.90 Å². The molecule has 3 aromatic rings. The number of aryl methyl sites for hydroxylation is 3. The molecule has 0 aliphatic heterocycles. The summed E-state index contributed by atoms with van der Waals surface area (Å²) in [5.74, 6) is 0. The van der Waals surface area contributed by atoms with Crippen molar-refractivity contribution < 1.29 is 0 Å². The summed E-state index contributed by atoms with van der Waals surface area (Å²) in [6, 6.07) is 24.0. The van der Waals surface area contributed by atoms with Gasteiger partial charge in [-0.3, -0.25) is 0 Å². The van der Waals surface area contributed by atoms with Gasteiger partial charge >= 0.3 is 0 Å². The summed E-state index contributed by atoms with van der Waals surface area (Å²) in [5, 5.41) is 0. The summed E-state index contributed by atoms with van der Waals surface area (Å²) in [4.78, 5) is 4.78. The Bertz CT molecular complexity index is 820. The minimum Gasteiger partial charge on any atom is -0.344 e. The van der Waals surface area contributed by atoms with E-state index in [1.807, 2.05) is 0 Å². The summed E-state index contributed by atoms with van der Waals surface area (Å²) in [7, 11) is 2.12. The van der Waals surface area contributed by atoms with E-state index < -0.39 is 0 Å². The second-order valence-corrected chi connectivity index (χ2v) is 7.40. The molecule has 0 saturated carbocycles. The molecule has 2 heteroatoms. The molecule has 0 aliphatic carbocycles. The lowest BCUT2D eigenvalue weighted by molar-refractivity contribution is 1.17. The molecule has 122 valence electrons. The van der Waals surface area contributed by atoms with Gasteiger partial charge in [-0.25, -0.2) is 0 Å². The van der Waals surface area contributed by atoms with Gasteiger partial charge in [0.2, 0.25) is 0 Å². The van der Waals surface area contributed by atoms with E-state index >= 15 is 0 Å².